The van der Waals surface area contributed by atoms with Gasteiger partial charge in [-0.15, -0.1) is 0 Å². The Hall–Kier alpha value is -1.26. The van der Waals surface area contributed by atoms with E-state index in [0.717, 1.165) is 17.5 Å². The molecular formula is C17H26ClNO3. The molecule has 1 aromatic rings. The zero-order chi connectivity index (χ0) is 16.9. The van der Waals surface area contributed by atoms with E-state index in [0.29, 0.717) is 18.0 Å². The van der Waals surface area contributed by atoms with Crippen molar-refractivity contribution in [3.8, 4) is 0 Å². The molecule has 1 N–H and O–H groups in total. The zero-order valence-corrected chi connectivity index (χ0v) is 14.8. The van der Waals surface area contributed by atoms with Crippen molar-refractivity contribution in [3.63, 3.8) is 0 Å². The van der Waals surface area contributed by atoms with E-state index >= 15 is 0 Å². The van der Waals surface area contributed by atoms with Gasteiger partial charge >= 0.3 is 6.09 Å². The smallest absolute Gasteiger partial charge is 0.410 e. The Bertz CT molecular complexity index is 511. The summed E-state index contributed by atoms with van der Waals surface area (Å²) >= 11 is 6.06. The van der Waals surface area contributed by atoms with E-state index in [4.69, 9.17) is 16.3 Å². The molecule has 1 unspecified atom stereocenters. The molecule has 0 heterocycles. The topological polar surface area (TPSA) is 49.8 Å². The van der Waals surface area contributed by atoms with Gasteiger partial charge in [0.1, 0.15) is 5.60 Å². The number of ether oxygens (including phenoxy) is 1. The van der Waals surface area contributed by atoms with Gasteiger partial charge in [-0.25, -0.2) is 4.79 Å². The zero-order valence-electron chi connectivity index (χ0n) is 14.0. The third kappa shape index (κ3) is 6.24. The maximum absolute atomic E-state index is 11.9. The largest absolute Gasteiger partial charge is 0.444 e. The van der Waals surface area contributed by atoms with Crippen molar-refractivity contribution in [3.05, 3.63) is 34.3 Å². The number of amides is 1. The number of aliphatic hydroxyl groups is 1. The molecule has 0 saturated heterocycles. The Morgan fingerprint density at radius 1 is 1.36 bits per heavy atom. The normalized spacial score (nSPS) is 12.9. The summed E-state index contributed by atoms with van der Waals surface area (Å²) in [6.45, 7) is 7.92. The quantitative estimate of drug-likeness (QED) is 0.882. The molecule has 0 aliphatic heterocycles. The maximum Gasteiger partial charge on any atom is 0.410 e. The van der Waals surface area contributed by atoms with Crippen molar-refractivity contribution in [2.24, 2.45) is 0 Å². The molecule has 0 radical (unpaired) electrons. The number of benzene rings is 1. The van der Waals surface area contributed by atoms with E-state index in [1.807, 2.05) is 39.8 Å². The lowest BCUT2D eigenvalue weighted by Gasteiger charge is -2.25. The van der Waals surface area contributed by atoms with Gasteiger partial charge in [-0.05, 0) is 56.9 Å². The molecule has 1 amide bonds. The number of carbonyl (C=O) groups excluding carboxylic acids is 1. The van der Waals surface area contributed by atoms with E-state index in [1.165, 1.54) is 4.90 Å². The van der Waals surface area contributed by atoms with Crippen molar-refractivity contribution in [2.45, 2.75) is 52.2 Å². The molecule has 0 aliphatic carbocycles. The minimum Gasteiger partial charge on any atom is -0.444 e. The molecule has 0 spiro atoms. The van der Waals surface area contributed by atoms with Crippen molar-refractivity contribution in [1.82, 2.24) is 4.90 Å². The van der Waals surface area contributed by atoms with Gasteiger partial charge in [0.15, 0.2) is 0 Å². The van der Waals surface area contributed by atoms with Gasteiger partial charge in [0.2, 0.25) is 0 Å². The van der Waals surface area contributed by atoms with Crippen LogP contribution in [0.3, 0.4) is 0 Å². The highest BCUT2D eigenvalue weighted by molar-refractivity contribution is 6.30. The fraction of sp³-hybridized carbons (Fsp3) is 0.588. The molecule has 0 fully saturated rings. The van der Waals surface area contributed by atoms with Crippen LogP contribution in [-0.2, 0) is 11.2 Å². The molecule has 124 valence electrons. The molecule has 1 rings (SSSR count). The minimum atomic E-state index is -0.658. The summed E-state index contributed by atoms with van der Waals surface area (Å²) in [5, 5.41) is 10.9. The number of nitrogens with zero attached hydrogens (tertiary/aromatic N) is 1. The van der Waals surface area contributed by atoms with Gasteiger partial charge in [-0.3, -0.25) is 0 Å². The summed E-state index contributed by atoms with van der Waals surface area (Å²) < 4.78 is 5.28. The second kappa shape index (κ2) is 7.84. The average Bonchev–Trinajstić information content (AvgIpc) is 2.41. The van der Waals surface area contributed by atoms with Crippen LogP contribution in [0, 0.1) is 0 Å². The van der Waals surface area contributed by atoms with Crippen LogP contribution in [0.15, 0.2) is 18.2 Å². The minimum absolute atomic E-state index is 0.389. The van der Waals surface area contributed by atoms with Crippen LogP contribution in [0.5, 0.6) is 0 Å². The van der Waals surface area contributed by atoms with Crippen LogP contribution < -0.4 is 0 Å². The van der Waals surface area contributed by atoms with E-state index in [9.17, 15) is 9.90 Å². The highest BCUT2D eigenvalue weighted by atomic mass is 35.5. The Balaban J connectivity index is 2.60. The van der Waals surface area contributed by atoms with Crippen molar-refractivity contribution >= 4 is 17.7 Å². The fourth-order valence-corrected chi connectivity index (χ4v) is 2.25. The SMILES string of the molecule is CCc1cc(Cl)cc(C(O)CCN(C)C(=O)OC(C)(C)C)c1. The predicted molar refractivity (Wildman–Crippen MR) is 89.3 cm³/mol. The van der Waals surface area contributed by atoms with E-state index in [1.54, 1.807) is 13.1 Å². The van der Waals surface area contributed by atoms with E-state index in [-0.39, 0.29) is 6.09 Å². The van der Waals surface area contributed by atoms with E-state index < -0.39 is 11.7 Å². The lowest BCUT2D eigenvalue weighted by molar-refractivity contribution is 0.0273. The average molecular weight is 328 g/mol. The van der Waals surface area contributed by atoms with Crippen molar-refractivity contribution in [2.75, 3.05) is 13.6 Å². The maximum atomic E-state index is 11.9. The first-order valence-corrected chi connectivity index (χ1v) is 7.91. The van der Waals surface area contributed by atoms with Crippen LogP contribution >= 0.6 is 11.6 Å². The summed E-state index contributed by atoms with van der Waals surface area (Å²) in [6.07, 6.45) is 0.242. The molecule has 5 heteroatoms. The third-order valence-corrected chi connectivity index (χ3v) is 3.43. The molecule has 1 atom stereocenters. The van der Waals surface area contributed by atoms with Crippen LogP contribution in [-0.4, -0.2) is 35.3 Å². The first-order valence-electron chi connectivity index (χ1n) is 7.54. The summed E-state index contributed by atoms with van der Waals surface area (Å²) in [4.78, 5) is 13.3. The second-order valence-electron chi connectivity index (χ2n) is 6.45. The molecular weight excluding hydrogens is 302 g/mol. The van der Waals surface area contributed by atoms with Gasteiger partial charge in [-0.1, -0.05) is 24.6 Å². The van der Waals surface area contributed by atoms with Crippen LogP contribution in [0.1, 0.15) is 51.3 Å². The predicted octanol–water partition coefficient (Wildman–Crippen LogP) is 4.19. The van der Waals surface area contributed by atoms with Crippen LogP contribution in [0.25, 0.3) is 0 Å². The number of aryl methyl sites for hydroxylation is 1. The Morgan fingerprint density at radius 2 is 2.00 bits per heavy atom. The number of aliphatic hydroxyl groups excluding tert-OH is 1. The Kier molecular flexibility index (Phi) is 6.69. The molecule has 0 bridgehead atoms. The second-order valence-corrected chi connectivity index (χ2v) is 6.89. The summed E-state index contributed by atoms with van der Waals surface area (Å²) in [5.41, 5.74) is 1.34. The molecule has 22 heavy (non-hydrogen) atoms. The molecule has 0 aliphatic rings. The standard InChI is InChI=1S/C17H26ClNO3/c1-6-12-9-13(11-14(18)10-12)15(20)7-8-19(5)16(21)22-17(2,3)4/h9-11,15,20H,6-8H2,1-5H3. The number of hydrogen-bond donors (Lipinski definition) is 1. The molecule has 4 nitrogen and oxygen atoms in total. The van der Waals surface area contributed by atoms with Crippen LogP contribution in [0.2, 0.25) is 5.02 Å². The number of carbonyl (C=O) groups is 1. The number of rotatable bonds is 5. The van der Waals surface area contributed by atoms with Gasteiger partial charge in [0.05, 0.1) is 6.10 Å². The van der Waals surface area contributed by atoms with Crippen molar-refractivity contribution in [1.29, 1.82) is 0 Å². The van der Waals surface area contributed by atoms with Crippen molar-refractivity contribution < 1.29 is 14.6 Å². The first-order chi connectivity index (χ1) is 10.1. The highest BCUT2D eigenvalue weighted by Crippen LogP contribution is 2.23. The van der Waals surface area contributed by atoms with Gasteiger partial charge in [0.25, 0.3) is 0 Å². The molecule has 0 saturated carbocycles. The third-order valence-electron chi connectivity index (χ3n) is 3.22. The Labute approximate surface area is 138 Å². The van der Waals surface area contributed by atoms with Gasteiger partial charge in [0, 0.05) is 18.6 Å². The van der Waals surface area contributed by atoms with Gasteiger partial charge in [-0.2, -0.15) is 0 Å². The Morgan fingerprint density at radius 3 is 2.55 bits per heavy atom. The first kappa shape index (κ1) is 18.8. The lowest BCUT2D eigenvalue weighted by atomic mass is 10.0. The van der Waals surface area contributed by atoms with E-state index in [2.05, 4.69) is 0 Å². The molecule has 1 aromatic carbocycles. The summed E-state index contributed by atoms with van der Waals surface area (Å²) in [5.74, 6) is 0. The number of halogens is 1. The summed E-state index contributed by atoms with van der Waals surface area (Å²) in [7, 11) is 1.66. The molecule has 0 aromatic heterocycles. The van der Waals surface area contributed by atoms with Crippen LogP contribution in [0.4, 0.5) is 4.79 Å². The number of hydrogen-bond acceptors (Lipinski definition) is 3. The highest BCUT2D eigenvalue weighted by Gasteiger charge is 2.20. The monoisotopic (exact) mass is 327 g/mol. The lowest BCUT2D eigenvalue weighted by Crippen LogP contribution is -2.35. The van der Waals surface area contributed by atoms with Gasteiger partial charge < -0.3 is 14.7 Å². The summed E-state index contributed by atoms with van der Waals surface area (Å²) in [6, 6.07) is 5.60. The fourth-order valence-electron chi connectivity index (χ4n) is 1.99.